The van der Waals surface area contributed by atoms with Crippen LogP contribution in [-0.4, -0.2) is 23.0 Å². The van der Waals surface area contributed by atoms with Gasteiger partial charge >= 0.3 is 0 Å². The number of aromatic nitrogens is 1. The summed E-state index contributed by atoms with van der Waals surface area (Å²) < 4.78 is 1.16. The molecule has 0 spiro atoms. The molecule has 3 rings (SSSR count). The number of benzene rings is 1. The molecule has 2 N–H and O–H groups in total. The summed E-state index contributed by atoms with van der Waals surface area (Å²) in [5, 5.41) is 7.21. The SMILES string of the molecule is CC1(C(=O)NCc2nc3ccccc3s2)CCCN1. The Balaban J connectivity index is 1.67. The van der Waals surface area contributed by atoms with E-state index in [2.05, 4.69) is 21.7 Å². The third-order valence-electron chi connectivity index (χ3n) is 3.61. The van der Waals surface area contributed by atoms with Gasteiger partial charge in [-0.15, -0.1) is 11.3 Å². The Bertz CT molecular complexity index is 569. The van der Waals surface area contributed by atoms with Crippen molar-refractivity contribution in [1.29, 1.82) is 0 Å². The summed E-state index contributed by atoms with van der Waals surface area (Å²) in [6.45, 7) is 3.40. The van der Waals surface area contributed by atoms with Crippen LogP contribution in [0.5, 0.6) is 0 Å². The van der Waals surface area contributed by atoms with E-state index in [1.54, 1.807) is 11.3 Å². The van der Waals surface area contributed by atoms with Crippen molar-refractivity contribution in [2.75, 3.05) is 6.54 Å². The molecule has 2 aromatic rings. The van der Waals surface area contributed by atoms with E-state index in [0.29, 0.717) is 6.54 Å². The molecule has 1 saturated heterocycles. The van der Waals surface area contributed by atoms with Crippen molar-refractivity contribution in [3.8, 4) is 0 Å². The second-order valence-corrected chi connectivity index (χ2v) is 6.24. The molecule has 19 heavy (non-hydrogen) atoms. The van der Waals surface area contributed by atoms with Gasteiger partial charge in [-0.05, 0) is 38.4 Å². The molecular weight excluding hydrogens is 258 g/mol. The number of amides is 1. The highest BCUT2D eigenvalue weighted by Crippen LogP contribution is 2.22. The number of thiazole rings is 1. The summed E-state index contributed by atoms with van der Waals surface area (Å²) in [7, 11) is 0. The number of carbonyl (C=O) groups excluding carboxylic acids is 1. The maximum absolute atomic E-state index is 12.2. The number of carbonyl (C=O) groups is 1. The molecule has 0 aliphatic carbocycles. The monoisotopic (exact) mass is 275 g/mol. The number of fused-ring (bicyclic) bond motifs is 1. The molecule has 5 heteroatoms. The fourth-order valence-electron chi connectivity index (χ4n) is 2.43. The van der Waals surface area contributed by atoms with Gasteiger partial charge in [0.2, 0.25) is 5.91 Å². The smallest absolute Gasteiger partial charge is 0.240 e. The summed E-state index contributed by atoms with van der Waals surface area (Å²) in [4.78, 5) is 16.7. The van der Waals surface area contributed by atoms with Crippen molar-refractivity contribution in [3.63, 3.8) is 0 Å². The van der Waals surface area contributed by atoms with Crippen molar-refractivity contribution in [2.24, 2.45) is 0 Å². The van der Waals surface area contributed by atoms with Crippen molar-refractivity contribution in [3.05, 3.63) is 29.3 Å². The van der Waals surface area contributed by atoms with Gasteiger partial charge in [0.05, 0.1) is 22.3 Å². The van der Waals surface area contributed by atoms with Gasteiger partial charge in [-0.1, -0.05) is 12.1 Å². The van der Waals surface area contributed by atoms with Crippen molar-refractivity contribution in [1.82, 2.24) is 15.6 Å². The van der Waals surface area contributed by atoms with Gasteiger partial charge in [-0.3, -0.25) is 4.79 Å². The highest BCUT2D eigenvalue weighted by atomic mass is 32.1. The second kappa shape index (κ2) is 4.90. The van der Waals surface area contributed by atoms with Crippen LogP contribution in [0.2, 0.25) is 0 Å². The molecule has 1 aromatic heterocycles. The van der Waals surface area contributed by atoms with Gasteiger partial charge in [0.15, 0.2) is 0 Å². The first-order chi connectivity index (χ1) is 9.17. The van der Waals surface area contributed by atoms with Crippen LogP contribution in [0.3, 0.4) is 0 Å². The zero-order valence-corrected chi connectivity index (χ0v) is 11.7. The van der Waals surface area contributed by atoms with Crippen LogP contribution in [0.25, 0.3) is 10.2 Å². The van der Waals surface area contributed by atoms with E-state index in [1.165, 1.54) is 0 Å². The average Bonchev–Trinajstić information content (AvgIpc) is 3.02. The molecule has 0 radical (unpaired) electrons. The summed E-state index contributed by atoms with van der Waals surface area (Å²) in [5.41, 5.74) is 0.596. The third kappa shape index (κ3) is 2.48. The quantitative estimate of drug-likeness (QED) is 0.901. The van der Waals surface area contributed by atoms with Gasteiger partial charge < -0.3 is 10.6 Å². The van der Waals surface area contributed by atoms with Gasteiger partial charge in [0.25, 0.3) is 0 Å². The van der Waals surface area contributed by atoms with E-state index >= 15 is 0 Å². The number of rotatable bonds is 3. The van der Waals surface area contributed by atoms with Crippen LogP contribution >= 0.6 is 11.3 Å². The Morgan fingerprint density at radius 1 is 1.53 bits per heavy atom. The lowest BCUT2D eigenvalue weighted by Crippen LogP contribution is -2.50. The largest absolute Gasteiger partial charge is 0.348 e. The van der Waals surface area contributed by atoms with Crippen LogP contribution in [0.4, 0.5) is 0 Å². The van der Waals surface area contributed by atoms with Gasteiger partial charge in [-0.25, -0.2) is 4.98 Å². The molecule has 4 nitrogen and oxygen atoms in total. The van der Waals surface area contributed by atoms with Crippen LogP contribution in [-0.2, 0) is 11.3 Å². The lowest BCUT2D eigenvalue weighted by atomic mass is 9.99. The molecule has 1 aliphatic rings. The van der Waals surface area contributed by atoms with Crippen LogP contribution < -0.4 is 10.6 Å². The first-order valence-electron chi connectivity index (χ1n) is 6.55. The maximum Gasteiger partial charge on any atom is 0.240 e. The number of para-hydroxylation sites is 1. The van der Waals surface area contributed by atoms with Crippen molar-refractivity contribution < 1.29 is 4.79 Å². The van der Waals surface area contributed by atoms with Gasteiger partial charge in [0, 0.05) is 0 Å². The molecule has 1 aromatic carbocycles. The molecule has 0 saturated carbocycles. The molecule has 1 aliphatic heterocycles. The fraction of sp³-hybridized carbons (Fsp3) is 0.429. The summed E-state index contributed by atoms with van der Waals surface area (Å²) in [6, 6.07) is 8.04. The average molecular weight is 275 g/mol. The number of hydrogen-bond donors (Lipinski definition) is 2. The first kappa shape index (κ1) is 12.6. The molecular formula is C14H17N3OS. The number of hydrogen-bond acceptors (Lipinski definition) is 4. The minimum absolute atomic E-state index is 0.0734. The van der Waals surface area contributed by atoms with Crippen molar-refractivity contribution in [2.45, 2.75) is 31.8 Å². The Kier molecular flexibility index (Phi) is 3.24. The van der Waals surface area contributed by atoms with E-state index in [4.69, 9.17) is 0 Å². The van der Waals surface area contributed by atoms with E-state index < -0.39 is 5.54 Å². The van der Waals surface area contributed by atoms with Gasteiger partial charge in [0.1, 0.15) is 5.01 Å². The summed E-state index contributed by atoms with van der Waals surface area (Å²) in [6.07, 6.45) is 1.96. The minimum atomic E-state index is -0.406. The van der Waals surface area contributed by atoms with E-state index in [1.807, 2.05) is 25.1 Å². The Morgan fingerprint density at radius 3 is 3.11 bits per heavy atom. The molecule has 0 bridgehead atoms. The third-order valence-corrected chi connectivity index (χ3v) is 4.64. The summed E-state index contributed by atoms with van der Waals surface area (Å²) >= 11 is 1.63. The topological polar surface area (TPSA) is 54.0 Å². The zero-order valence-electron chi connectivity index (χ0n) is 10.9. The predicted molar refractivity (Wildman–Crippen MR) is 77.1 cm³/mol. The predicted octanol–water partition coefficient (Wildman–Crippen LogP) is 2.05. The number of nitrogens with one attached hydrogen (secondary N) is 2. The molecule has 2 heterocycles. The van der Waals surface area contributed by atoms with E-state index in [-0.39, 0.29) is 5.91 Å². The Hall–Kier alpha value is -1.46. The molecule has 1 fully saturated rings. The van der Waals surface area contributed by atoms with Crippen LogP contribution in [0.15, 0.2) is 24.3 Å². The molecule has 1 amide bonds. The number of nitrogens with zero attached hydrogens (tertiary/aromatic N) is 1. The van der Waals surface area contributed by atoms with Crippen molar-refractivity contribution >= 4 is 27.5 Å². The lowest BCUT2D eigenvalue weighted by Gasteiger charge is -2.22. The summed E-state index contributed by atoms with van der Waals surface area (Å²) in [5.74, 6) is 0.0734. The zero-order chi connectivity index (χ0) is 13.3. The highest BCUT2D eigenvalue weighted by Gasteiger charge is 2.35. The maximum atomic E-state index is 12.2. The highest BCUT2D eigenvalue weighted by molar-refractivity contribution is 7.18. The van der Waals surface area contributed by atoms with Crippen LogP contribution in [0, 0.1) is 0 Å². The molecule has 1 atom stereocenters. The standard InChI is InChI=1S/C14H17N3OS/c1-14(7-4-8-16-14)13(18)15-9-12-17-10-5-2-3-6-11(10)19-12/h2-3,5-6,16H,4,7-9H2,1H3,(H,15,18). The van der Waals surface area contributed by atoms with Gasteiger partial charge in [-0.2, -0.15) is 0 Å². The van der Waals surface area contributed by atoms with E-state index in [9.17, 15) is 4.79 Å². The second-order valence-electron chi connectivity index (χ2n) is 5.12. The Morgan fingerprint density at radius 2 is 2.37 bits per heavy atom. The Labute approximate surface area is 116 Å². The minimum Gasteiger partial charge on any atom is -0.348 e. The molecule has 1 unspecified atom stereocenters. The first-order valence-corrected chi connectivity index (χ1v) is 7.37. The van der Waals surface area contributed by atoms with Crippen LogP contribution in [0.1, 0.15) is 24.8 Å². The lowest BCUT2D eigenvalue weighted by molar-refractivity contribution is -0.126. The normalized spacial score (nSPS) is 22.8. The molecule has 100 valence electrons. The van der Waals surface area contributed by atoms with E-state index in [0.717, 1.165) is 34.6 Å². The fourth-order valence-corrected chi connectivity index (χ4v) is 3.34.